The second-order valence-electron chi connectivity index (χ2n) is 4.14. The van der Waals surface area contributed by atoms with Gasteiger partial charge in [-0.3, -0.25) is 14.8 Å². The summed E-state index contributed by atoms with van der Waals surface area (Å²) in [5.74, 6) is 0.0382. The number of ether oxygens (including phenoxy) is 3. The number of hydrogen-bond donors (Lipinski definition) is 0. The number of nitrogens with zero attached hydrogens (tertiary/aromatic N) is 3. The highest BCUT2D eigenvalue weighted by Crippen LogP contribution is 2.28. The standard InChI is InChI=1S/C10H15N3O5/c1-7(4-16-2)12-3-9(13(14)15)10(11-12)18-8-5-17-6-8/h3,7-8H,4-6H2,1-2H3. The Kier molecular flexibility index (Phi) is 3.78. The summed E-state index contributed by atoms with van der Waals surface area (Å²) in [5.41, 5.74) is -0.134. The molecule has 1 aromatic rings. The van der Waals surface area contributed by atoms with Crippen molar-refractivity contribution in [2.45, 2.75) is 19.1 Å². The monoisotopic (exact) mass is 257 g/mol. The van der Waals surface area contributed by atoms with E-state index in [4.69, 9.17) is 14.2 Å². The van der Waals surface area contributed by atoms with Crippen LogP contribution in [-0.2, 0) is 9.47 Å². The lowest BCUT2D eigenvalue weighted by molar-refractivity contribution is -0.386. The van der Waals surface area contributed by atoms with Crippen LogP contribution >= 0.6 is 0 Å². The minimum Gasteiger partial charge on any atom is -0.464 e. The smallest absolute Gasteiger partial charge is 0.350 e. The molecule has 8 nitrogen and oxygen atoms in total. The van der Waals surface area contributed by atoms with E-state index in [9.17, 15) is 10.1 Å². The Hall–Kier alpha value is -1.67. The molecule has 0 bridgehead atoms. The van der Waals surface area contributed by atoms with Gasteiger partial charge in [0.15, 0.2) is 0 Å². The zero-order valence-corrected chi connectivity index (χ0v) is 10.2. The summed E-state index contributed by atoms with van der Waals surface area (Å²) >= 11 is 0. The van der Waals surface area contributed by atoms with E-state index in [1.807, 2.05) is 6.92 Å². The summed E-state index contributed by atoms with van der Waals surface area (Å²) in [4.78, 5) is 10.4. The lowest BCUT2D eigenvalue weighted by atomic mass is 10.3. The van der Waals surface area contributed by atoms with Crippen LogP contribution in [0.1, 0.15) is 13.0 Å². The predicted octanol–water partition coefficient (Wildman–Crippen LogP) is 0.776. The van der Waals surface area contributed by atoms with Gasteiger partial charge in [0.1, 0.15) is 12.3 Å². The minimum absolute atomic E-state index is 0.0382. The molecule has 1 saturated heterocycles. The van der Waals surface area contributed by atoms with Crippen LogP contribution in [-0.4, -0.2) is 47.7 Å². The van der Waals surface area contributed by atoms with Crippen molar-refractivity contribution < 1.29 is 19.1 Å². The molecule has 1 atom stereocenters. The first-order valence-electron chi connectivity index (χ1n) is 5.58. The molecule has 0 aliphatic carbocycles. The molecule has 0 aromatic carbocycles. The first-order valence-corrected chi connectivity index (χ1v) is 5.58. The number of hydrogen-bond acceptors (Lipinski definition) is 6. The van der Waals surface area contributed by atoms with Gasteiger partial charge in [0.25, 0.3) is 0 Å². The fourth-order valence-corrected chi connectivity index (χ4v) is 1.56. The average Bonchev–Trinajstić information content (AvgIpc) is 2.68. The molecule has 1 unspecified atom stereocenters. The summed E-state index contributed by atoms with van der Waals surface area (Å²) in [6, 6.07) is -0.0938. The highest BCUT2D eigenvalue weighted by atomic mass is 16.6. The van der Waals surface area contributed by atoms with Gasteiger partial charge in [0.2, 0.25) is 0 Å². The van der Waals surface area contributed by atoms with Gasteiger partial charge in [0.05, 0.1) is 30.8 Å². The largest absolute Gasteiger partial charge is 0.464 e. The molecule has 1 aromatic heterocycles. The molecule has 0 saturated carbocycles. The van der Waals surface area contributed by atoms with Crippen molar-refractivity contribution >= 4 is 5.69 Å². The molecule has 0 amide bonds. The van der Waals surface area contributed by atoms with Crippen LogP contribution in [0.4, 0.5) is 5.69 Å². The van der Waals surface area contributed by atoms with Gasteiger partial charge in [-0.2, -0.15) is 0 Å². The maximum absolute atomic E-state index is 10.9. The van der Waals surface area contributed by atoms with E-state index < -0.39 is 4.92 Å². The molecule has 18 heavy (non-hydrogen) atoms. The molecular weight excluding hydrogens is 242 g/mol. The van der Waals surface area contributed by atoms with Gasteiger partial charge >= 0.3 is 11.6 Å². The number of rotatable bonds is 6. The molecule has 2 rings (SSSR count). The van der Waals surface area contributed by atoms with E-state index in [0.717, 1.165) is 0 Å². The Balaban J connectivity index is 2.17. The SMILES string of the molecule is COCC(C)n1cc([N+](=O)[O-])c(OC2COC2)n1. The second kappa shape index (κ2) is 5.32. The van der Waals surface area contributed by atoms with Crippen molar-refractivity contribution in [3.05, 3.63) is 16.3 Å². The third-order valence-corrected chi connectivity index (χ3v) is 2.62. The Morgan fingerprint density at radius 2 is 2.44 bits per heavy atom. The molecule has 1 aliphatic rings. The summed E-state index contributed by atoms with van der Waals surface area (Å²) < 4.78 is 16.8. The Morgan fingerprint density at radius 1 is 1.72 bits per heavy atom. The van der Waals surface area contributed by atoms with Gasteiger partial charge in [-0.25, -0.2) is 0 Å². The Labute approximate surface area is 104 Å². The van der Waals surface area contributed by atoms with E-state index >= 15 is 0 Å². The third-order valence-electron chi connectivity index (χ3n) is 2.62. The van der Waals surface area contributed by atoms with Gasteiger partial charge in [0, 0.05) is 7.11 Å². The van der Waals surface area contributed by atoms with Gasteiger partial charge in [-0.1, -0.05) is 0 Å². The maximum atomic E-state index is 10.9. The minimum atomic E-state index is -0.502. The van der Waals surface area contributed by atoms with Crippen molar-refractivity contribution in [3.63, 3.8) is 0 Å². The van der Waals surface area contributed by atoms with E-state index in [1.54, 1.807) is 7.11 Å². The van der Waals surface area contributed by atoms with E-state index in [1.165, 1.54) is 10.9 Å². The highest BCUT2D eigenvalue weighted by Gasteiger charge is 2.28. The zero-order chi connectivity index (χ0) is 13.1. The molecule has 0 N–H and O–H groups in total. The van der Waals surface area contributed by atoms with Crippen LogP contribution in [0.5, 0.6) is 5.88 Å². The molecule has 8 heteroatoms. The van der Waals surface area contributed by atoms with Crippen molar-refractivity contribution in [3.8, 4) is 5.88 Å². The normalized spacial score (nSPS) is 17.2. The molecule has 1 aliphatic heterocycles. The van der Waals surface area contributed by atoms with Crippen LogP contribution < -0.4 is 4.74 Å². The molecule has 1 fully saturated rings. The fraction of sp³-hybridized carbons (Fsp3) is 0.700. The Morgan fingerprint density at radius 3 is 2.94 bits per heavy atom. The lowest BCUT2D eigenvalue weighted by Gasteiger charge is -2.25. The van der Waals surface area contributed by atoms with E-state index in [-0.39, 0.29) is 23.7 Å². The summed E-state index contributed by atoms with van der Waals surface area (Å²) in [7, 11) is 1.57. The van der Waals surface area contributed by atoms with Gasteiger partial charge in [-0.05, 0) is 6.92 Å². The highest BCUT2D eigenvalue weighted by molar-refractivity contribution is 5.38. The molecule has 0 spiro atoms. The first-order chi connectivity index (χ1) is 8.61. The zero-order valence-electron chi connectivity index (χ0n) is 10.2. The first kappa shape index (κ1) is 12.8. The van der Waals surface area contributed by atoms with Crippen LogP contribution in [0.15, 0.2) is 6.20 Å². The predicted molar refractivity (Wildman–Crippen MR) is 60.7 cm³/mol. The molecule has 100 valence electrons. The summed E-state index contributed by atoms with van der Waals surface area (Å²) in [6.07, 6.45) is 1.21. The number of nitro groups is 1. The van der Waals surface area contributed by atoms with Gasteiger partial charge < -0.3 is 14.2 Å². The van der Waals surface area contributed by atoms with Crippen LogP contribution in [0.25, 0.3) is 0 Å². The quantitative estimate of drug-likeness (QED) is 0.552. The van der Waals surface area contributed by atoms with E-state index in [2.05, 4.69) is 5.10 Å². The van der Waals surface area contributed by atoms with Crippen LogP contribution in [0.3, 0.4) is 0 Å². The van der Waals surface area contributed by atoms with E-state index in [0.29, 0.717) is 19.8 Å². The van der Waals surface area contributed by atoms with Crippen molar-refractivity contribution in [2.75, 3.05) is 26.9 Å². The van der Waals surface area contributed by atoms with Crippen LogP contribution in [0, 0.1) is 10.1 Å². The molecule has 2 heterocycles. The summed E-state index contributed by atoms with van der Waals surface area (Å²) in [6.45, 7) is 3.16. The number of methoxy groups -OCH3 is 1. The number of aromatic nitrogens is 2. The molecular formula is C10H15N3O5. The summed E-state index contributed by atoms with van der Waals surface area (Å²) in [5, 5.41) is 15.0. The lowest BCUT2D eigenvalue weighted by Crippen LogP contribution is -2.38. The molecule has 0 radical (unpaired) electrons. The van der Waals surface area contributed by atoms with Crippen LogP contribution in [0.2, 0.25) is 0 Å². The fourth-order valence-electron chi connectivity index (χ4n) is 1.56. The maximum Gasteiger partial charge on any atom is 0.350 e. The topological polar surface area (TPSA) is 88.7 Å². The second-order valence-corrected chi connectivity index (χ2v) is 4.14. The van der Waals surface area contributed by atoms with Crippen molar-refractivity contribution in [1.82, 2.24) is 9.78 Å². The van der Waals surface area contributed by atoms with Crippen molar-refractivity contribution in [2.24, 2.45) is 0 Å². The third kappa shape index (κ3) is 2.59. The van der Waals surface area contributed by atoms with Gasteiger partial charge in [-0.15, -0.1) is 5.10 Å². The average molecular weight is 257 g/mol. The Bertz CT molecular complexity index is 429. The van der Waals surface area contributed by atoms with Crippen molar-refractivity contribution in [1.29, 1.82) is 0 Å².